The van der Waals surface area contributed by atoms with Crippen molar-refractivity contribution in [3.63, 3.8) is 0 Å². The van der Waals surface area contributed by atoms with E-state index in [0.29, 0.717) is 12.9 Å². The van der Waals surface area contributed by atoms with Gasteiger partial charge in [-0.05, 0) is 25.3 Å². The molecule has 0 saturated carbocycles. The van der Waals surface area contributed by atoms with Crippen LogP contribution in [0.5, 0.6) is 0 Å². The molecule has 2 amide bonds. The molecule has 0 aromatic heterocycles. The van der Waals surface area contributed by atoms with E-state index in [1.54, 1.807) is 0 Å². The molecule has 8 nitrogen and oxygen atoms in total. The van der Waals surface area contributed by atoms with E-state index in [2.05, 4.69) is 11.9 Å². The van der Waals surface area contributed by atoms with Gasteiger partial charge in [0.15, 0.2) is 6.23 Å². The molecule has 0 aliphatic carbocycles. The summed E-state index contributed by atoms with van der Waals surface area (Å²) in [7, 11) is 1.42. The van der Waals surface area contributed by atoms with Gasteiger partial charge in [0.1, 0.15) is 24.6 Å². The third-order valence-electron chi connectivity index (χ3n) is 3.65. The number of hydrogen-bond donors (Lipinski definition) is 3. The van der Waals surface area contributed by atoms with Crippen molar-refractivity contribution in [3.8, 4) is 0 Å². The summed E-state index contributed by atoms with van der Waals surface area (Å²) in [5.41, 5.74) is 0. The summed E-state index contributed by atoms with van der Waals surface area (Å²) >= 11 is 0. The molecule has 0 aromatic carbocycles. The number of aldehydes is 1. The summed E-state index contributed by atoms with van der Waals surface area (Å²) in [6.07, 6.45) is 3.47. The summed E-state index contributed by atoms with van der Waals surface area (Å²) < 4.78 is 11.2. The first-order chi connectivity index (χ1) is 11.6. The quantitative estimate of drug-likeness (QED) is 0.226. The first-order valence-electron chi connectivity index (χ1n) is 7.89. The zero-order chi connectivity index (χ0) is 17.9. The molecule has 4 atom stereocenters. The number of hydrogen-bond acceptors (Lipinski definition) is 6. The van der Waals surface area contributed by atoms with E-state index in [9.17, 15) is 19.8 Å². The summed E-state index contributed by atoms with van der Waals surface area (Å²) in [5.74, 6) is 0. The Kier molecular flexibility index (Phi) is 9.24. The largest absolute Gasteiger partial charge is 0.394 e. The van der Waals surface area contributed by atoms with Crippen molar-refractivity contribution < 1.29 is 29.3 Å². The standard InChI is InChI=1S/C16H26N2O6/c1-3-4-5-6-10-23-14-12(11-20)24-15(13(14)21)18(8-7-9-19)16(22)17-2/h3,7-9,12-15,20-21H,1,4-6,10-11H2,2H3,(H,17,22)/b8-7-/t12-,13-,14-,15-/m1/s1. The van der Waals surface area contributed by atoms with Gasteiger partial charge in [-0.3, -0.25) is 9.69 Å². The van der Waals surface area contributed by atoms with E-state index in [1.807, 2.05) is 6.08 Å². The Hall–Kier alpha value is -1.74. The van der Waals surface area contributed by atoms with Gasteiger partial charge in [0.2, 0.25) is 0 Å². The predicted molar refractivity (Wildman–Crippen MR) is 87.0 cm³/mol. The molecule has 24 heavy (non-hydrogen) atoms. The maximum Gasteiger partial charge on any atom is 0.323 e. The SMILES string of the molecule is C=CCCCCO[C@H]1[C@@H](O)[C@H](N(/C=C\C=O)C(=O)NC)O[C@@H]1CO. The van der Waals surface area contributed by atoms with Crippen LogP contribution in [0.2, 0.25) is 0 Å². The number of nitrogens with one attached hydrogen (secondary N) is 1. The van der Waals surface area contributed by atoms with Crippen LogP contribution in [0.3, 0.4) is 0 Å². The number of carbonyl (C=O) groups excluding carboxylic acids is 2. The zero-order valence-electron chi connectivity index (χ0n) is 13.8. The maximum absolute atomic E-state index is 11.9. The molecule has 0 unspecified atom stereocenters. The van der Waals surface area contributed by atoms with Crippen LogP contribution >= 0.6 is 0 Å². The van der Waals surface area contributed by atoms with Gasteiger partial charge in [-0.15, -0.1) is 6.58 Å². The molecule has 1 heterocycles. The Labute approximate surface area is 141 Å². The highest BCUT2D eigenvalue weighted by atomic mass is 16.6. The molecule has 3 N–H and O–H groups in total. The van der Waals surface area contributed by atoms with Gasteiger partial charge in [0.25, 0.3) is 0 Å². The molecule has 0 bridgehead atoms. The lowest BCUT2D eigenvalue weighted by atomic mass is 10.1. The monoisotopic (exact) mass is 342 g/mol. The Morgan fingerprint density at radius 3 is 2.79 bits per heavy atom. The minimum atomic E-state index is -1.16. The van der Waals surface area contributed by atoms with Crippen LogP contribution in [0.15, 0.2) is 24.9 Å². The predicted octanol–water partition coefficient (Wildman–Crippen LogP) is 0.160. The number of rotatable bonds is 10. The van der Waals surface area contributed by atoms with Crippen molar-refractivity contribution in [3.05, 3.63) is 24.9 Å². The van der Waals surface area contributed by atoms with Crippen molar-refractivity contribution in [2.45, 2.75) is 43.8 Å². The van der Waals surface area contributed by atoms with Crippen molar-refractivity contribution in [1.82, 2.24) is 10.2 Å². The normalized spacial score (nSPS) is 26.5. The highest BCUT2D eigenvalue weighted by molar-refractivity contribution is 5.76. The topological polar surface area (TPSA) is 108 Å². The fourth-order valence-electron chi connectivity index (χ4n) is 2.44. The van der Waals surface area contributed by atoms with Crippen molar-refractivity contribution in [1.29, 1.82) is 0 Å². The summed E-state index contributed by atoms with van der Waals surface area (Å²) in [5, 5.41) is 22.3. The van der Waals surface area contributed by atoms with Crippen LogP contribution in [0.25, 0.3) is 0 Å². The van der Waals surface area contributed by atoms with Crippen molar-refractivity contribution in [2.24, 2.45) is 0 Å². The molecule has 8 heteroatoms. The van der Waals surface area contributed by atoms with E-state index in [0.717, 1.165) is 30.2 Å². The summed E-state index contributed by atoms with van der Waals surface area (Å²) in [4.78, 5) is 23.5. The smallest absolute Gasteiger partial charge is 0.323 e. The second-order valence-electron chi connectivity index (χ2n) is 5.30. The molecule has 136 valence electrons. The molecule has 1 aliphatic rings. The number of aliphatic hydroxyl groups excluding tert-OH is 2. The maximum atomic E-state index is 11.9. The van der Waals surface area contributed by atoms with Crippen molar-refractivity contribution in [2.75, 3.05) is 20.3 Å². The average molecular weight is 342 g/mol. The van der Waals surface area contributed by atoms with Gasteiger partial charge in [0.05, 0.1) is 6.61 Å². The fraction of sp³-hybridized carbons (Fsp3) is 0.625. The molecule has 1 fully saturated rings. The second kappa shape index (κ2) is 10.9. The molecule has 0 aromatic rings. The van der Waals surface area contributed by atoms with E-state index >= 15 is 0 Å². The Morgan fingerprint density at radius 2 is 2.21 bits per heavy atom. The van der Waals surface area contributed by atoms with Gasteiger partial charge in [0, 0.05) is 19.9 Å². The minimum Gasteiger partial charge on any atom is -0.394 e. The number of nitrogens with zero attached hydrogens (tertiary/aromatic N) is 1. The van der Waals surface area contributed by atoms with E-state index in [-0.39, 0.29) is 6.61 Å². The minimum absolute atomic E-state index is 0.357. The molecular weight excluding hydrogens is 316 g/mol. The molecule has 0 spiro atoms. The molecule has 0 radical (unpaired) electrons. The Balaban J connectivity index is 2.75. The first-order valence-corrected chi connectivity index (χ1v) is 7.89. The number of urea groups is 1. The first kappa shape index (κ1) is 20.3. The van der Waals surface area contributed by atoms with Gasteiger partial charge in [-0.25, -0.2) is 4.79 Å². The number of amides is 2. The lowest BCUT2D eigenvalue weighted by Gasteiger charge is -2.27. The average Bonchev–Trinajstić information content (AvgIpc) is 2.91. The fourth-order valence-corrected chi connectivity index (χ4v) is 2.44. The van der Waals surface area contributed by atoms with Crippen LogP contribution in [0.4, 0.5) is 4.79 Å². The lowest BCUT2D eigenvalue weighted by molar-refractivity contribution is -0.104. The van der Waals surface area contributed by atoms with E-state index < -0.39 is 30.6 Å². The highest BCUT2D eigenvalue weighted by Crippen LogP contribution is 2.27. The number of allylic oxidation sites excluding steroid dienone is 2. The highest BCUT2D eigenvalue weighted by Gasteiger charge is 2.47. The van der Waals surface area contributed by atoms with Gasteiger partial charge >= 0.3 is 6.03 Å². The molecule has 1 saturated heterocycles. The van der Waals surface area contributed by atoms with Gasteiger partial charge in [-0.1, -0.05) is 6.08 Å². The lowest BCUT2D eigenvalue weighted by Crippen LogP contribution is -2.48. The van der Waals surface area contributed by atoms with Gasteiger partial charge in [-0.2, -0.15) is 0 Å². The van der Waals surface area contributed by atoms with Crippen LogP contribution < -0.4 is 5.32 Å². The second-order valence-corrected chi connectivity index (χ2v) is 5.30. The number of aliphatic hydroxyl groups is 2. The third kappa shape index (κ3) is 5.41. The molecular formula is C16H26N2O6. The van der Waals surface area contributed by atoms with Crippen LogP contribution in [0.1, 0.15) is 19.3 Å². The summed E-state index contributed by atoms with van der Waals surface area (Å²) in [6.45, 7) is 3.68. The third-order valence-corrected chi connectivity index (χ3v) is 3.65. The Morgan fingerprint density at radius 1 is 1.46 bits per heavy atom. The summed E-state index contributed by atoms with van der Waals surface area (Å²) in [6, 6.07) is -0.555. The number of carbonyl (C=O) groups is 2. The van der Waals surface area contributed by atoms with Crippen molar-refractivity contribution >= 4 is 12.3 Å². The number of ether oxygens (including phenoxy) is 2. The van der Waals surface area contributed by atoms with Crippen LogP contribution in [-0.2, 0) is 14.3 Å². The number of unbranched alkanes of at least 4 members (excludes halogenated alkanes) is 2. The molecule has 1 rings (SSSR count). The molecule has 1 aliphatic heterocycles. The van der Waals surface area contributed by atoms with Gasteiger partial charge < -0.3 is 25.0 Å². The van der Waals surface area contributed by atoms with Crippen LogP contribution in [0, 0.1) is 0 Å². The Bertz CT molecular complexity index is 442. The zero-order valence-corrected chi connectivity index (χ0v) is 13.8. The van der Waals surface area contributed by atoms with E-state index in [4.69, 9.17) is 9.47 Å². The van der Waals surface area contributed by atoms with Crippen LogP contribution in [-0.4, -0.2) is 72.2 Å². The van der Waals surface area contributed by atoms with E-state index in [1.165, 1.54) is 13.2 Å².